The molecule has 6 heteroatoms. The van der Waals surface area contributed by atoms with Crippen molar-refractivity contribution in [3.63, 3.8) is 0 Å². The Morgan fingerprint density at radius 2 is 1.44 bits per heavy atom. The fraction of sp³-hybridized carbons (Fsp3) is 0.500. The first-order valence-electron chi connectivity index (χ1n) is 6.05. The van der Waals surface area contributed by atoms with Gasteiger partial charge in [0.1, 0.15) is 0 Å². The summed E-state index contributed by atoms with van der Waals surface area (Å²) in [5.41, 5.74) is 0. The van der Waals surface area contributed by atoms with Crippen molar-refractivity contribution in [3.8, 4) is 0 Å². The third kappa shape index (κ3) is 3.42. The molecule has 0 bridgehead atoms. The van der Waals surface area contributed by atoms with E-state index in [1.807, 2.05) is 0 Å². The van der Waals surface area contributed by atoms with E-state index < -0.39 is 23.7 Å². The summed E-state index contributed by atoms with van der Waals surface area (Å²) in [5, 5.41) is 2.42. The standard InChI is InChI=1S/C12H23O3PSi2/c1-17(2,3)11-9-7-8-10(16(13,14)15)12(11)18(4,5)6/h7-9H,1-6H3,(H2,13,14,15). The van der Waals surface area contributed by atoms with Gasteiger partial charge in [0.15, 0.2) is 0 Å². The summed E-state index contributed by atoms with van der Waals surface area (Å²) in [6, 6.07) is 5.43. The van der Waals surface area contributed by atoms with Crippen LogP contribution in [0.15, 0.2) is 18.2 Å². The second kappa shape index (κ2) is 4.72. The van der Waals surface area contributed by atoms with E-state index in [-0.39, 0.29) is 5.30 Å². The Kier molecular flexibility index (Phi) is 4.16. The highest BCUT2D eigenvalue weighted by molar-refractivity contribution is 7.61. The van der Waals surface area contributed by atoms with E-state index in [0.717, 1.165) is 5.19 Å². The van der Waals surface area contributed by atoms with Crippen molar-refractivity contribution in [1.29, 1.82) is 0 Å². The van der Waals surface area contributed by atoms with Crippen LogP contribution in [0.5, 0.6) is 0 Å². The summed E-state index contributed by atoms with van der Waals surface area (Å²) >= 11 is 0. The quantitative estimate of drug-likeness (QED) is 0.658. The molecule has 0 spiro atoms. The molecule has 0 atom stereocenters. The third-order valence-electron chi connectivity index (χ3n) is 2.91. The third-order valence-corrected chi connectivity index (χ3v) is 8.45. The van der Waals surface area contributed by atoms with Crippen molar-refractivity contribution in [3.05, 3.63) is 18.2 Å². The monoisotopic (exact) mass is 302 g/mol. The second-order valence-electron chi connectivity index (χ2n) is 6.74. The molecule has 2 N–H and O–H groups in total. The molecule has 0 aliphatic heterocycles. The van der Waals surface area contributed by atoms with Crippen LogP contribution in [0.1, 0.15) is 0 Å². The van der Waals surface area contributed by atoms with Crippen LogP contribution in [0.4, 0.5) is 0 Å². The van der Waals surface area contributed by atoms with Crippen molar-refractivity contribution in [2.24, 2.45) is 0 Å². The van der Waals surface area contributed by atoms with Crippen LogP contribution in [0.2, 0.25) is 39.3 Å². The summed E-state index contributed by atoms with van der Waals surface area (Å²) in [7, 11) is -7.60. The first-order valence-corrected chi connectivity index (χ1v) is 14.7. The molecule has 0 saturated heterocycles. The van der Waals surface area contributed by atoms with Crippen LogP contribution >= 0.6 is 7.60 Å². The van der Waals surface area contributed by atoms with Gasteiger partial charge >= 0.3 is 7.60 Å². The Hall–Kier alpha value is -0.196. The van der Waals surface area contributed by atoms with Crippen LogP contribution in [-0.4, -0.2) is 25.9 Å². The van der Waals surface area contributed by atoms with Gasteiger partial charge in [-0.2, -0.15) is 0 Å². The molecule has 1 aromatic rings. The Morgan fingerprint density at radius 1 is 0.944 bits per heavy atom. The zero-order valence-electron chi connectivity index (χ0n) is 12.0. The minimum atomic E-state index is -4.19. The fourth-order valence-corrected chi connectivity index (χ4v) is 9.91. The largest absolute Gasteiger partial charge is 0.356 e. The van der Waals surface area contributed by atoms with E-state index >= 15 is 0 Å². The summed E-state index contributed by atoms with van der Waals surface area (Å²) in [6.45, 7) is 13.1. The van der Waals surface area contributed by atoms with Gasteiger partial charge in [0, 0.05) is 0 Å². The Morgan fingerprint density at radius 3 is 1.78 bits per heavy atom. The topological polar surface area (TPSA) is 57.5 Å². The average molecular weight is 302 g/mol. The molecule has 0 saturated carbocycles. The minimum Gasteiger partial charge on any atom is -0.321 e. The van der Waals surface area contributed by atoms with Gasteiger partial charge in [0.05, 0.1) is 21.5 Å². The summed E-state index contributed by atoms with van der Waals surface area (Å²) in [5.74, 6) is 0. The predicted molar refractivity (Wildman–Crippen MR) is 84.1 cm³/mol. The number of benzene rings is 1. The Balaban J connectivity index is 3.73. The SMILES string of the molecule is C[Si](C)(C)c1cccc(P(=O)(O)O)c1[Si](C)(C)C. The van der Waals surface area contributed by atoms with Crippen molar-refractivity contribution >= 4 is 39.4 Å². The average Bonchev–Trinajstić information content (AvgIpc) is 2.12. The zero-order valence-corrected chi connectivity index (χ0v) is 14.9. The molecule has 0 fully saturated rings. The Bertz CT molecular complexity index is 495. The zero-order chi connectivity index (χ0) is 14.4. The molecule has 1 rings (SSSR count). The molecule has 0 unspecified atom stereocenters. The van der Waals surface area contributed by atoms with Crippen molar-refractivity contribution in [1.82, 2.24) is 0 Å². The maximum Gasteiger partial charge on any atom is 0.356 e. The highest BCUT2D eigenvalue weighted by atomic mass is 31.2. The first kappa shape index (κ1) is 15.9. The molecule has 0 aliphatic rings. The molecule has 0 heterocycles. The lowest BCUT2D eigenvalue weighted by Gasteiger charge is -2.30. The summed E-state index contributed by atoms with van der Waals surface area (Å²) in [6.07, 6.45) is 0. The number of rotatable bonds is 3. The highest BCUT2D eigenvalue weighted by Crippen LogP contribution is 2.32. The molecule has 0 aromatic heterocycles. The van der Waals surface area contributed by atoms with Gasteiger partial charge in [-0.05, 0) is 11.3 Å². The van der Waals surface area contributed by atoms with Gasteiger partial charge in [-0.1, -0.05) is 56.6 Å². The van der Waals surface area contributed by atoms with Crippen LogP contribution in [-0.2, 0) is 4.57 Å². The van der Waals surface area contributed by atoms with E-state index in [0.29, 0.717) is 0 Å². The molecule has 102 valence electrons. The Labute approximate surface area is 111 Å². The smallest absolute Gasteiger partial charge is 0.321 e. The van der Waals surface area contributed by atoms with E-state index in [4.69, 9.17) is 0 Å². The van der Waals surface area contributed by atoms with Gasteiger partial charge in [0.25, 0.3) is 0 Å². The van der Waals surface area contributed by atoms with Crippen LogP contribution in [0, 0.1) is 0 Å². The summed E-state index contributed by atoms with van der Waals surface area (Å²) < 4.78 is 11.7. The lowest BCUT2D eigenvalue weighted by atomic mass is 10.3. The minimum absolute atomic E-state index is 0.251. The highest BCUT2D eigenvalue weighted by Gasteiger charge is 2.34. The molecule has 0 aliphatic carbocycles. The molecular weight excluding hydrogens is 279 g/mol. The predicted octanol–water partition coefficient (Wildman–Crippen LogP) is 1.58. The number of hydrogen-bond donors (Lipinski definition) is 2. The van der Waals surface area contributed by atoms with Gasteiger partial charge in [-0.25, -0.2) is 0 Å². The fourth-order valence-electron chi connectivity index (χ4n) is 2.20. The van der Waals surface area contributed by atoms with E-state index in [9.17, 15) is 14.4 Å². The molecule has 0 radical (unpaired) electrons. The van der Waals surface area contributed by atoms with Crippen LogP contribution < -0.4 is 15.7 Å². The first-order chi connectivity index (χ1) is 7.85. The second-order valence-corrected chi connectivity index (χ2v) is 18.4. The number of hydrogen-bond acceptors (Lipinski definition) is 1. The van der Waals surface area contributed by atoms with Gasteiger partial charge in [-0.3, -0.25) is 4.57 Å². The lowest BCUT2D eigenvalue weighted by Crippen LogP contribution is -2.61. The molecule has 3 nitrogen and oxygen atoms in total. The normalized spacial score (nSPS) is 13.8. The van der Waals surface area contributed by atoms with Gasteiger partial charge in [0.2, 0.25) is 0 Å². The van der Waals surface area contributed by atoms with Gasteiger partial charge in [-0.15, -0.1) is 0 Å². The summed E-state index contributed by atoms with van der Waals surface area (Å²) in [4.78, 5) is 19.1. The van der Waals surface area contributed by atoms with Crippen molar-refractivity contribution < 1.29 is 14.4 Å². The van der Waals surface area contributed by atoms with Crippen LogP contribution in [0.3, 0.4) is 0 Å². The van der Waals surface area contributed by atoms with Crippen LogP contribution in [0.25, 0.3) is 0 Å². The van der Waals surface area contributed by atoms with Gasteiger partial charge < -0.3 is 9.79 Å². The van der Waals surface area contributed by atoms with E-state index in [1.54, 1.807) is 12.1 Å². The van der Waals surface area contributed by atoms with E-state index in [1.165, 1.54) is 5.19 Å². The molecule has 18 heavy (non-hydrogen) atoms. The van der Waals surface area contributed by atoms with Crippen molar-refractivity contribution in [2.45, 2.75) is 39.3 Å². The lowest BCUT2D eigenvalue weighted by molar-refractivity contribution is 0.387. The molecule has 1 aromatic carbocycles. The maximum absolute atomic E-state index is 11.7. The molecular formula is C12H23O3PSi2. The molecule has 0 amide bonds. The van der Waals surface area contributed by atoms with Crippen molar-refractivity contribution in [2.75, 3.05) is 0 Å². The maximum atomic E-state index is 11.7. The van der Waals surface area contributed by atoms with E-state index in [2.05, 4.69) is 45.3 Å².